The van der Waals surface area contributed by atoms with Gasteiger partial charge in [-0.05, 0) is 26.0 Å². The molecule has 3 atom stereocenters. The predicted octanol–water partition coefficient (Wildman–Crippen LogP) is 2.02. The zero-order valence-corrected chi connectivity index (χ0v) is 12.8. The zero-order valence-electron chi connectivity index (χ0n) is 12.8. The Labute approximate surface area is 132 Å². The van der Waals surface area contributed by atoms with Crippen LogP contribution < -0.4 is 0 Å². The second-order valence-electron chi connectivity index (χ2n) is 5.89. The summed E-state index contributed by atoms with van der Waals surface area (Å²) in [5.74, 6) is -2.01. The summed E-state index contributed by atoms with van der Waals surface area (Å²) < 4.78 is 22.3. The molecule has 2 aliphatic rings. The molecule has 0 saturated carbocycles. The Balaban J connectivity index is 1.69. The molecule has 0 radical (unpaired) electrons. The van der Waals surface area contributed by atoms with E-state index in [1.54, 1.807) is 6.92 Å². The molecule has 1 aromatic rings. The molecule has 0 aliphatic carbocycles. The Morgan fingerprint density at radius 3 is 2.70 bits per heavy atom. The molecule has 2 heterocycles. The molecule has 0 N–H and O–H groups in total. The fourth-order valence-electron chi connectivity index (χ4n) is 2.60. The van der Waals surface area contributed by atoms with Gasteiger partial charge in [-0.3, -0.25) is 10.1 Å². The van der Waals surface area contributed by atoms with Gasteiger partial charge in [-0.15, -0.1) is 0 Å². The lowest BCUT2D eigenvalue weighted by atomic mass is 10.0. The van der Waals surface area contributed by atoms with Crippen LogP contribution >= 0.6 is 0 Å². The number of rotatable bonds is 4. The van der Waals surface area contributed by atoms with Crippen molar-refractivity contribution in [2.45, 2.75) is 37.9 Å². The summed E-state index contributed by atoms with van der Waals surface area (Å²) >= 11 is 0. The van der Waals surface area contributed by atoms with Crippen molar-refractivity contribution in [2.75, 3.05) is 13.2 Å². The van der Waals surface area contributed by atoms with Crippen LogP contribution in [0.3, 0.4) is 0 Å². The van der Waals surface area contributed by atoms with Gasteiger partial charge in [0.2, 0.25) is 0 Å². The molecule has 3 rings (SSSR count). The minimum atomic E-state index is -1.39. The van der Waals surface area contributed by atoms with Crippen LogP contribution in [0.5, 0.6) is 0 Å². The summed E-state index contributed by atoms with van der Waals surface area (Å²) in [7, 11) is 0. The van der Waals surface area contributed by atoms with Crippen LogP contribution in [0.4, 0.5) is 5.69 Å². The molecule has 0 amide bonds. The van der Waals surface area contributed by atoms with Crippen molar-refractivity contribution in [2.24, 2.45) is 0 Å². The van der Waals surface area contributed by atoms with Crippen LogP contribution in [0.15, 0.2) is 24.3 Å². The summed E-state index contributed by atoms with van der Waals surface area (Å²) in [6.45, 7) is 4.37. The van der Waals surface area contributed by atoms with Crippen molar-refractivity contribution in [1.82, 2.24) is 0 Å². The van der Waals surface area contributed by atoms with Gasteiger partial charge in [0.25, 0.3) is 5.69 Å². The maximum Gasteiger partial charge on any atom is 0.338 e. The highest BCUT2D eigenvalue weighted by Gasteiger charge is 2.57. The zero-order chi connectivity index (χ0) is 16.7. The van der Waals surface area contributed by atoms with E-state index in [1.165, 1.54) is 24.3 Å². The van der Waals surface area contributed by atoms with Gasteiger partial charge in [-0.2, -0.15) is 0 Å². The Morgan fingerprint density at radius 1 is 1.35 bits per heavy atom. The molecule has 8 heteroatoms. The third-order valence-electron chi connectivity index (χ3n) is 4.00. The molecule has 8 nitrogen and oxygen atoms in total. The minimum absolute atomic E-state index is 0.0953. The molecule has 0 spiro atoms. The number of nitro groups is 1. The van der Waals surface area contributed by atoms with Gasteiger partial charge >= 0.3 is 11.9 Å². The first-order chi connectivity index (χ1) is 10.8. The molecular formula is C15H17NO7. The van der Waals surface area contributed by atoms with Gasteiger partial charge < -0.3 is 18.9 Å². The summed E-state index contributed by atoms with van der Waals surface area (Å²) in [5.41, 5.74) is -0.329. The lowest BCUT2D eigenvalue weighted by Crippen LogP contribution is -2.51. The molecule has 23 heavy (non-hydrogen) atoms. The fourth-order valence-corrected chi connectivity index (χ4v) is 2.60. The maximum atomic E-state index is 12.2. The molecule has 1 aromatic carbocycles. The number of hydrogen-bond donors (Lipinski definition) is 0. The second-order valence-corrected chi connectivity index (χ2v) is 5.89. The molecule has 2 bridgehead atoms. The molecule has 0 unspecified atom stereocenters. The number of ether oxygens (including phenoxy) is 4. The van der Waals surface area contributed by atoms with Crippen LogP contribution in [0.1, 0.15) is 30.6 Å². The number of carbonyl (C=O) groups excluding carboxylic acids is 1. The topological polar surface area (TPSA) is 97.1 Å². The third kappa shape index (κ3) is 2.92. The highest BCUT2D eigenvalue weighted by Crippen LogP contribution is 2.42. The largest absolute Gasteiger partial charge is 0.450 e. The van der Waals surface area contributed by atoms with Gasteiger partial charge in [0.05, 0.1) is 29.3 Å². The van der Waals surface area contributed by atoms with Gasteiger partial charge in [0.1, 0.15) is 0 Å². The highest BCUT2D eigenvalue weighted by molar-refractivity contribution is 5.89. The summed E-state index contributed by atoms with van der Waals surface area (Å²) in [6, 6.07) is 5.17. The van der Waals surface area contributed by atoms with E-state index in [0.29, 0.717) is 19.6 Å². The van der Waals surface area contributed by atoms with E-state index in [1.807, 2.05) is 6.92 Å². The third-order valence-corrected chi connectivity index (χ3v) is 4.00. The van der Waals surface area contributed by atoms with E-state index >= 15 is 0 Å². The van der Waals surface area contributed by atoms with E-state index in [9.17, 15) is 14.9 Å². The maximum absolute atomic E-state index is 12.2. The molecule has 0 aromatic heterocycles. The van der Waals surface area contributed by atoms with Crippen molar-refractivity contribution >= 4 is 11.7 Å². The van der Waals surface area contributed by atoms with Crippen LogP contribution in [0, 0.1) is 10.1 Å². The van der Waals surface area contributed by atoms with E-state index in [-0.39, 0.29) is 11.3 Å². The van der Waals surface area contributed by atoms with Crippen molar-refractivity contribution in [3.05, 3.63) is 39.9 Å². The molecule has 2 aliphatic heterocycles. The lowest BCUT2D eigenvalue weighted by molar-refractivity contribution is -0.395. The first-order valence-corrected chi connectivity index (χ1v) is 7.27. The van der Waals surface area contributed by atoms with Gasteiger partial charge in [0, 0.05) is 18.6 Å². The normalized spacial score (nSPS) is 30.7. The van der Waals surface area contributed by atoms with E-state index in [4.69, 9.17) is 18.9 Å². The second kappa shape index (κ2) is 5.55. The van der Waals surface area contributed by atoms with E-state index in [2.05, 4.69) is 0 Å². The number of fused-ring (bicyclic) bond motifs is 2. The van der Waals surface area contributed by atoms with Crippen LogP contribution in [0.25, 0.3) is 0 Å². The molecule has 2 fully saturated rings. The Bertz CT molecular complexity index is 631. The van der Waals surface area contributed by atoms with Crippen molar-refractivity contribution in [3.8, 4) is 0 Å². The van der Waals surface area contributed by atoms with Gasteiger partial charge in [-0.25, -0.2) is 4.79 Å². The Morgan fingerprint density at radius 2 is 2.04 bits per heavy atom. The van der Waals surface area contributed by atoms with Crippen molar-refractivity contribution in [1.29, 1.82) is 0 Å². The standard InChI is InChI=1S/C15H17NO7/c1-10(15-20-8-7-14(2,23-15)9-21-15)22-13(17)11-3-5-12(6-4-11)16(18)19/h3-6,10H,7-9H2,1-2H3/t10-,14+,15-/m0/s1. The number of nitrogens with zero attached hydrogens (tertiary/aromatic N) is 1. The fraction of sp³-hybridized carbons (Fsp3) is 0.533. The predicted molar refractivity (Wildman–Crippen MR) is 76.7 cm³/mol. The van der Waals surface area contributed by atoms with E-state index in [0.717, 1.165) is 0 Å². The van der Waals surface area contributed by atoms with Crippen molar-refractivity contribution < 1.29 is 28.7 Å². The van der Waals surface area contributed by atoms with E-state index < -0.39 is 28.6 Å². The number of carbonyl (C=O) groups is 1. The van der Waals surface area contributed by atoms with Crippen LogP contribution in [-0.2, 0) is 18.9 Å². The number of non-ortho nitro benzene ring substituents is 1. The highest BCUT2D eigenvalue weighted by atomic mass is 16.9. The number of nitro benzene ring substituents is 1. The minimum Gasteiger partial charge on any atom is -0.450 e. The SMILES string of the molecule is C[C@H](OC(=O)c1ccc([N+](=O)[O-])cc1)[C@]12OCC[C@](C)(CO1)O2. The Hall–Kier alpha value is -2.03. The Kier molecular flexibility index (Phi) is 3.83. The van der Waals surface area contributed by atoms with Crippen molar-refractivity contribution in [3.63, 3.8) is 0 Å². The monoisotopic (exact) mass is 323 g/mol. The number of benzene rings is 1. The van der Waals surface area contributed by atoms with Crippen LogP contribution in [-0.4, -0.2) is 41.8 Å². The van der Waals surface area contributed by atoms with Crippen LogP contribution in [0.2, 0.25) is 0 Å². The number of esters is 1. The summed E-state index contributed by atoms with van der Waals surface area (Å²) in [5, 5.41) is 10.6. The summed E-state index contributed by atoms with van der Waals surface area (Å²) in [4.78, 5) is 22.3. The van der Waals surface area contributed by atoms with Gasteiger partial charge in [-0.1, -0.05) is 0 Å². The molecule has 2 saturated heterocycles. The average molecular weight is 323 g/mol. The summed E-state index contributed by atoms with van der Waals surface area (Å²) in [6.07, 6.45) is -0.0788. The number of hydrogen-bond acceptors (Lipinski definition) is 7. The smallest absolute Gasteiger partial charge is 0.338 e. The van der Waals surface area contributed by atoms with Gasteiger partial charge in [0.15, 0.2) is 6.10 Å². The first-order valence-electron chi connectivity index (χ1n) is 7.27. The quantitative estimate of drug-likeness (QED) is 0.475. The first kappa shape index (κ1) is 15.9. The lowest BCUT2D eigenvalue weighted by Gasteiger charge is -2.38. The molecular weight excluding hydrogens is 306 g/mol. The molecule has 124 valence electrons. The average Bonchev–Trinajstić information content (AvgIpc) is 2.77.